The average molecular weight is 296 g/mol. The minimum Gasteiger partial charge on any atom is -0.338 e. The van der Waals surface area contributed by atoms with E-state index >= 15 is 0 Å². The normalized spacial score (nSPS) is 11.3. The van der Waals surface area contributed by atoms with Gasteiger partial charge in [0, 0.05) is 25.0 Å². The van der Waals surface area contributed by atoms with Crippen LogP contribution in [0.1, 0.15) is 10.8 Å². The van der Waals surface area contributed by atoms with Crippen LogP contribution in [-0.2, 0) is 13.5 Å². The molecule has 3 aromatic heterocycles. The zero-order valence-electron chi connectivity index (χ0n) is 11.3. The van der Waals surface area contributed by atoms with Gasteiger partial charge < -0.3 is 4.57 Å². The summed E-state index contributed by atoms with van der Waals surface area (Å²) in [7, 11) is 1.98. The van der Waals surface area contributed by atoms with Gasteiger partial charge in [0.15, 0.2) is 5.82 Å². The smallest absolute Gasteiger partial charge is 0.234 e. The molecule has 1 aromatic carbocycles. The maximum absolute atomic E-state index is 4.62. The number of nitrogens with zero attached hydrogens (tertiary/aromatic N) is 6. The van der Waals surface area contributed by atoms with E-state index in [9.17, 15) is 0 Å². The Bertz CT molecular complexity index is 889. The van der Waals surface area contributed by atoms with Crippen molar-refractivity contribution in [2.75, 3.05) is 0 Å². The Morgan fingerprint density at radius 2 is 2.00 bits per heavy atom. The molecule has 0 bridgehead atoms. The molecule has 0 unspecified atom stereocenters. The molecule has 0 atom stereocenters. The maximum Gasteiger partial charge on any atom is 0.234 e. The van der Waals surface area contributed by atoms with Gasteiger partial charge in [0.25, 0.3) is 0 Å². The van der Waals surface area contributed by atoms with E-state index in [0.29, 0.717) is 6.42 Å². The number of rotatable bonds is 3. The predicted octanol–water partition coefficient (Wildman–Crippen LogP) is 2.18. The number of hydrogen-bond acceptors (Lipinski definition) is 5. The lowest BCUT2D eigenvalue weighted by Crippen LogP contribution is -1.99. The molecule has 6 nitrogen and oxygen atoms in total. The highest BCUT2D eigenvalue weighted by Crippen LogP contribution is 2.22. The summed E-state index contributed by atoms with van der Waals surface area (Å²) in [6.07, 6.45) is 4.43. The summed E-state index contributed by atoms with van der Waals surface area (Å²) < 4.78 is 3.80. The molecule has 7 heteroatoms. The first-order chi connectivity index (χ1) is 10.3. The highest BCUT2D eigenvalue weighted by atomic mass is 32.1. The van der Waals surface area contributed by atoms with E-state index in [1.54, 1.807) is 22.0 Å². The van der Waals surface area contributed by atoms with Gasteiger partial charge in [0.1, 0.15) is 10.8 Å². The van der Waals surface area contributed by atoms with Crippen molar-refractivity contribution >= 4 is 16.3 Å². The Hall–Kier alpha value is -2.54. The topological polar surface area (TPSA) is 60.9 Å². The fourth-order valence-electron chi connectivity index (χ4n) is 2.20. The summed E-state index contributed by atoms with van der Waals surface area (Å²) >= 11 is 1.54. The molecule has 0 aliphatic heterocycles. The second-order valence-corrected chi connectivity index (χ2v) is 5.75. The summed E-state index contributed by atoms with van der Waals surface area (Å²) in [6.45, 7) is 0. The Kier molecular flexibility index (Phi) is 2.78. The van der Waals surface area contributed by atoms with Crippen molar-refractivity contribution in [3.8, 4) is 11.4 Å². The summed E-state index contributed by atoms with van der Waals surface area (Å²) in [5.41, 5.74) is 1.01. The molecule has 4 rings (SSSR count). The van der Waals surface area contributed by atoms with Crippen LogP contribution >= 0.6 is 11.3 Å². The van der Waals surface area contributed by atoms with Crippen molar-refractivity contribution in [1.82, 2.24) is 29.4 Å². The number of imidazole rings is 1. The second kappa shape index (κ2) is 4.78. The summed E-state index contributed by atoms with van der Waals surface area (Å²) in [6, 6.07) is 9.97. The Labute approximate surface area is 124 Å². The van der Waals surface area contributed by atoms with Crippen LogP contribution in [-0.4, -0.2) is 29.4 Å². The summed E-state index contributed by atoms with van der Waals surface area (Å²) in [4.78, 5) is 5.13. The van der Waals surface area contributed by atoms with E-state index in [-0.39, 0.29) is 0 Å². The van der Waals surface area contributed by atoms with E-state index in [2.05, 4.69) is 20.3 Å². The molecule has 104 valence electrons. The molecule has 0 fully saturated rings. The average Bonchev–Trinajstić information content (AvgIpc) is 3.17. The van der Waals surface area contributed by atoms with Crippen molar-refractivity contribution < 1.29 is 0 Å². The second-order valence-electron chi connectivity index (χ2n) is 4.71. The molecule has 4 aromatic rings. The van der Waals surface area contributed by atoms with Crippen LogP contribution in [0.4, 0.5) is 0 Å². The quantitative estimate of drug-likeness (QED) is 0.581. The van der Waals surface area contributed by atoms with Crippen molar-refractivity contribution in [2.45, 2.75) is 6.42 Å². The van der Waals surface area contributed by atoms with Crippen LogP contribution in [0.2, 0.25) is 0 Å². The highest BCUT2D eigenvalue weighted by Gasteiger charge is 2.14. The molecule has 0 spiro atoms. The molecular weight excluding hydrogens is 284 g/mol. The van der Waals surface area contributed by atoms with Gasteiger partial charge in [-0.1, -0.05) is 41.7 Å². The molecule has 0 radical (unpaired) electrons. The number of benzene rings is 1. The lowest BCUT2D eigenvalue weighted by Gasteiger charge is -1.97. The third-order valence-corrected chi connectivity index (χ3v) is 4.19. The molecule has 0 aliphatic rings. The van der Waals surface area contributed by atoms with Crippen molar-refractivity contribution in [1.29, 1.82) is 0 Å². The lowest BCUT2D eigenvalue weighted by molar-refractivity contribution is 0.805. The first-order valence-electron chi connectivity index (χ1n) is 6.54. The van der Waals surface area contributed by atoms with Crippen LogP contribution in [0.15, 0.2) is 42.7 Å². The molecule has 0 amide bonds. The number of fused-ring (bicyclic) bond motifs is 1. The first-order valence-corrected chi connectivity index (χ1v) is 7.35. The number of aryl methyl sites for hydroxylation is 1. The monoisotopic (exact) mass is 296 g/mol. The minimum absolute atomic E-state index is 0.700. The van der Waals surface area contributed by atoms with Gasteiger partial charge in [-0.2, -0.15) is 9.61 Å². The van der Waals surface area contributed by atoms with Gasteiger partial charge >= 0.3 is 0 Å². The van der Waals surface area contributed by atoms with Crippen molar-refractivity contribution in [3.05, 3.63) is 53.6 Å². The van der Waals surface area contributed by atoms with Gasteiger partial charge in [-0.05, 0) is 0 Å². The fourth-order valence-corrected chi connectivity index (χ4v) is 3.03. The molecule has 0 aliphatic carbocycles. The summed E-state index contributed by atoms with van der Waals surface area (Å²) in [5, 5.41) is 14.0. The van der Waals surface area contributed by atoms with Crippen LogP contribution < -0.4 is 0 Å². The van der Waals surface area contributed by atoms with E-state index in [1.165, 1.54) is 0 Å². The molecule has 0 N–H and O–H groups in total. The van der Waals surface area contributed by atoms with E-state index in [1.807, 2.05) is 48.1 Å². The first kappa shape index (κ1) is 12.2. The van der Waals surface area contributed by atoms with Crippen molar-refractivity contribution in [3.63, 3.8) is 0 Å². The van der Waals surface area contributed by atoms with Crippen molar-refractivity contribution in [2.24, 2.45) is 7.05 Å². The van der Waals surface area contributed by atoms with E-state index < -0.39 is 0 Å². The molecular formula is C14H12N6S. The van der Waals surface area contributed by atoms with Crippen LogP contribution in [0.25, 0.3) is 16.3 Å². The maximum atomic E-state index is 4.62. The highest BCUT2D eigenvalue weighted by molar-refractivity contribution is 7.16. The number of aromatic nitrogens is 6. The van der Waals surface area contributed by atoms with Gasteiger partial charge in [0.05, 0.1) is 6.42 Å². The van der Waals surface area contributed by atoms with Crippen LogP contribution in [0, 0.1) is 0 Å². The number of hydrogen-bond donors (Lipinski definition) is 0. The van der Waals surface area contributed by atoms with E-state index in [0.717, 1.165) is 27.2 Å². The molecule has 21 heavy (non-hydrogen) atoms. The van der Waals surface area contributed by atoms with Crippen LogP contribution in [0.5, 0.6) is 0 Å². The van der Waals surface area contributed by atoms with Gasteiger partial charge in [-0.15, -0.1) is 10.2 Å². The Morgan fingerprint density at radius 3 is 2.76 bits per heavy atom. The minimum atomic E-state index is 0.700. The fraction of sp³-hybridized carbons (Fsp3) is 0.143. The summed E-state index contributed by atoms with van der Waals surface area (Å²) in [5.74, 6) is 1.76. The molecule has 3 heterocycles. The largest absolute Gasteiger partial charge is 0.338 e. The third-order valence-electron chi connectivity index (χ3n) is 3.30. The molecule has 0 saturated heterocycles. The SMILES string of the molecule is Cn1ccnc1Cc1nn2c(-c3ccccc3)nnc2s1. The van der Waals surface area contributed by atoms with Gasteiger partial charge in [-0.3, -0.25) is 0 Å². The molecule has 0 saturated carbocycles. The standard InChI is InChI=1S/C14H12N6S/c1-19-8-7-15-11(19)9-12-18-20-13(16-17-14(20)21-12)10-5-3-2-4-6-10/h2-8H,9H2,1H3. The lowest BCUT2D eigenvalue weighted by atomic mass is 10.2. The third kappa shape index (κ3) is 2.11. The van der Waals surface area contributed by atoms with Gasteiger partial charge in [0.2, 0.25) is 4.96 Å². The van der Waals surface area contributed by atoms with Gasteiger partial charge in [-0.25, -0.2) is 4.98 Å². The Morgan fingerprint density at radius 1 is 1.14 bits per heavy atom. The zero-order chi connectivity index (χ0) is 14.2. The zero-order valence-corrected chi connectivity index (χ0v) is 12.2. The predicted molar refractivity (Wildman–Crippen MR) is 80.1 cm³/mol. The van der Waals surface area contributed by atoms with Crippen LogP contribution in [0.3, 0.4) is 0 Å². The Balaban J connectivity index is 1.74. The van der Waals surface area contributed by atoms with E-state index in [4.69, 9.17) is 0 Å².